The summed E-state index contributed by atoms with van der Waals surface area (Å²) in [6.07, 6.45) is -8.72. The first kappa shape index (κ1) is 18.3. The second-order valence-corrected chi connectivity index (χ2v) is 5.44. The zero-order valence-corrected chi connectivity index (χ0v) is 10.2. The molecule has 0 spiro atoms. The van der Waals surface area contributed by atoms with Gasteiger partial charge in [-0.15, -0.1) is 0 Å². The summed E-state index contributed by atoms with van der Waals surface area (Å²) in [5, 5.41) is 36.0. The fourth-order valence-corrected chi connectivity index (χ4v) is 1.50. The van der Waals surface area contributed by atoms with E-state index >= 15 is 0 Å². The summed E-state index contributed by atoms with van der Waals surface area (Å²) in [5.74, 6) is 0. The molecule has 0 saturated heterocycles. The smallest absolute Gasteiger partial charge is 0.311 e. The number of amides is 1. The van der Waals surface area contributed by atoms with Gasteiger partial charge in [-0.1, -0.05) is 0 Å². The minimum Gasteiger partial charge on any atom is -0.774 e. The predicted octanol–water partition coefficient (Wildman–Crippen LogP) is -2.55. The van der Waals surface area contributed by atoms with Crippen molar-refractivity contribution >= 4 is 14.0 Å². The summed E-state index contributed by atoms with van der Waals surface area (Å²) in [7, 11) is -6.08. The minimum absolute atomic E-state index is 0.122. The zero-order valence-electron chi connectivity index (χ0n) is 9.33. The molecule has 12 heteroatoms. The first-order valence-electron chi connectivity index (χ1n) is 4.79. The van der Waals surface area contributed by atoms with Crippen molar-refractivity contribution in [3.63, 3.8) is 0 Å². The second kappa shape index (κ2) is 6.66. The van der Waals surface area contributed by atoms with Gasteiger partial charge >= 0.3 is 5.66 Å². The predicted molar refractivity (Wildman–Crippen MR) is 52.0 cm³/mol. The Bertz CT molecular complexity index is 350. The molecule has 19 heavy (non-hydrogen) atoms. The van der Waals surface area contributed by atoms with E-state index in [2.05, 4.69) is 0 Å². The number of hydrogen-bond donors (Lipinski definition) is 5. The van der Waals surface area contributed by atoms with E-state index in [0.717, 1.165) is 0 Å². The Labute approximate surface area is 105 Å². The number of hydroxylamine groups is 2. The lowest BCUT2D eigenvalue weighted by atomic mass is 10.1. The summed E-state index contributed by atoms with van der Waals surface area (Å²) in [6, 6.07) is 0. The van der Waals surface area contributed by atoms with E-state index in [0.29, 0.717) is 0 Å². The van der Waals surface area contributed by atoms with E-state index in [1.54, 1.807) is 0 Å². The van der Waals surface area contributed by atoms with Gasteiger partial charge in [-0.25, -0.2) is 5.06 Å². The van der Waals surface area contributed by atoms with Gasteiger partial charge in [0.15, 0.2) is 0 Å². The Hall–Kier alpha value is -0.680. The average Bonchev–Trinajstić information content (AvgIpc) is 2.25. The number of carbonyl (C=O) groups excluding carboxylic acids is 1. The lowest BCUT2D eigenvalue weighted by Gasteiger charge is -2.31. The van der Waals surface area contributed by atoms with Crippen LogP contribution < -0.4 is 4.89 Å². The highest BCUT2D eigenvalue weighted by Gasteiger charge is 2.44. The largest absolute Gasteiger partial charge is 0.774 e. The molecule has 4 atom stereocenters. The van der Waals surface area contributed by atoms with Crippen LogP contribution in [0.2, 0.25) is 0 Å². The van der Waals surface area contributed by atoms with Crippen molar-refractivity contribution in [1.82, 2.24) is 5.06 Å². The van der Waals surface area contributed by atoms with E-state index in [-0.39, 0.29) is 11.5 Å². The SMILES string of the molecule is O=CN(O)C[C@H](O)[C@H](O)[C@H](O)CC(F)(F)P(=O)([O-])O. The molecule has 0 saturated carbocycles. The van der Waals surface area contributed by atoms with Crippen LogP contribution in [-0.4, -0.2) is 67.4 Å². The highest BCUT2D eigenvalue weighted by Crippen LogP contribution is 2.51. The number of nitrogens with zero attached hydrogens (tertiary/aromatic N) is 1. The number of aliphatic hydroxyl groups is 3. The maximum atomic E-state index is 12.8. The molecule has 0 rings (SSSR count). The Morgan fingerprint density at radius 2 is 1.79 bits per heavy atom. The quantitative estimate of drug-likeness (QED) is 0.142. The van der Waals surface area contributed by atoms with E-state index in [1.165, 1.54) is 0 Å². The summed E-state index contributed by atoms with van der Waals surface area (Å²) in [4.78, 5) is 28.5. The summed E-state index contributed by atoms with van der Waals surface area (Å²) >= 11 is 0. The molecular weight excluding hydrogens is 295 g/mol. The van der Waals surface area contributed by atoms with Crippen LogP contribution in [0.5, 0.6) is 0 Å². The van der Waals surface area contributed by atoms with E-state index < -0.39 is 44.5 Å². The zero-order chi connectivity index (χ0) is 15.4. The van der Waals surface area contributed by atoms with Gasteiger partial charge in [0.1, 0.15) is 12.2 Å². The molecule has 5 N–H and O–H groups in total. The maximum Gasteiger partial charge on any atom is 0.311 e. The molecule has 0 aromatic rings. The van der Waals surface area contributed by atoms with Crippen molar-refractivity contribution in [1.29, 1.82) is 0 Å². The van der Waals surface area contributed by atoms with Gasteiger partial charge in [-0.3, -0.25) is 10.0 Å². The van der Waals surface area contributed by atoms with E-state index in [4.69, 9.17) is 20.3 Å². The number of alkyl halides is 2. The number of aliphatic hydroxyl groups excluding tert-OH is 3. The molecule has 114 valence electrons. The van der Waals surface area contributed by atoms with Gasteiger partial charge in [0.05, 0.1) is 12.6 Å². The average molecular weight is 308 g/mol. The Morgan fingerprint density at radius 1 is 1.32 bits per heavy atom. The van der Waals surface area contributed by atoms with Gasteiger partial charge in [0.25, 0.3) is 0 Å². The van der Waals surface area contributed by atoms with E-state index in [9.17, 15) is 28.1 Å². The molecule has 0 radical (unpaired) electrons. The number of carbonyl (C=O) groups is 1. The highest BCUT2D eigenvalue weighted by molar-refractivity contribution is 7.51. The van der Waals surface area contributed by atoms with Crippen LogP contribution in [0, 0.1) is 0 Å². The molecule has 0 aliphatic rings. The van der Waals surface area contributed by atoms with Crippen molar-refractivity contribution in [2.45, 2.75) is 30.4 Å². The van der Waals surface area contributed by atoms with Crippen LogP contribution in [0.25, 0.3) is 0 Å². The fraction of sp³-hybridized carbons (Fsp3) is 0.857. The molecule has 1 unspecified atom stereocenters. The van der Waals surface area contributed by atoms with Crippen LogP contribution in [0.1, 0.15) is 6.42 Å². The fourth-order valence-electron chi connectivity index (χ4n) is 1.09. The third kappa shape index (κ3) is 5.45. The summed E-state index contributed by atoms with van der Waals surface area (Å²) in [5.41, 5.74) is -4.70. The van der Waals surface area contributed by atoms with Crippen LogP contribution in [-0.2, 0) is 9.36 Å². The molecule has 0 fully saturated rings. The van der Waals surface area contributed by atoms with Gasteiger partial charge < -0.3 is 29.7 Å². The van der Waals surface area contributed by atoms with Gasteiger partial charge in [-0.2, -0.15) is 8.78 Å². The molecule has 0 aromatic carbocycles. The molecule has 0 bridgehead atoms. The lowest BCUT2D eigenvalue weighted by molar-refractivity contribution is -0.220. The van der Waals surface area contributed by atoms with E-state index in [1.807, 2.05) is 0 Å². The first-order chi connectivity index (χ1) is 8.42. The van der Waals surface area contributed by atoms with Crippen molar-refractivity contribution in [3.8, 4) is 0 Å². The molecular formula is C7H13F2NO8P-. The van der Waals surface area contributed by atoms with Crippen LogP contribution in [0.4, 0.5) is 8.78 Å². The first-order valence-corrected chi connectivity index (χ1v) is 6.37. The lowest BCUT2D eigenvalue weighted by Crippen LogP contribution is -2.45. The third-order valence-electron chi connectivity index (χ3n) is 2.15. The molecule has 0 aliphatic carbocycles. The minimum atomic E-state index is -6.08. The molecule has 9 nitrogen and oxygen atoms in total. The third-order valence-corrected chi connectivity index (χ3v) is 3.16. The number of rotatable bonds is 8. The standard InChI is InChI=1S/C7H14F2NO8P/c8-7(9,19(16,17)18)1-4(12)6(14)5(13)2-10(15)3-11/h3-6,12-15H,1-2H2,(H2,16,17,18)/p-1/t4-,5+,6-/m1/s1. The van der Waals surface area contributed by atoms with Crippen LogP contribution in [0.3, 0.4) is 0 Å². The number of hydrogen-bond acceptors (Lipinski definition) is 7. The molecule has 0 heterocycles. The normalized spacial score (nSPS) is 20.2. The monoisotopic (exact) mass is 308 g/mol. The molecule has 0 aromatic heterocycles. The van der Waals surface area contributed by atoms with Crippen LogP contribution in [0.15, 0.2) is 0 Å². The summed E-state index contributed by atoms with van der Waals surface area (Å²) < 4.78 is 36.0. The molecule has 0 aliphatic heterocycles. The van der Waals surface area contributed by atoms with Crippen molar-refractivity contribution in [3.05, 3.63) is 0 Å². The van der Waals surface area contributed by atoms with Crippen molar-refractivity contribution in [2.75, 3.05) is 6.54 Å². The Balaban J connectivity index is 4.62. The number of halogens is 2. The second-order valence-electron chi connectivity index (χ2n) is 3.74. The van der Waals surface area contributed by atoms with Crippen molar-refractivity contribution < 1.29 is 48.5 Å². The Morgan fingerprint density at radius 3 is 2.16 bits per heavy atom. The van der Waals surface area contributed by atoms with Gasteiger partial charge in [-0.05, 0) is 0 Å². The summed E-state index contributed by atoms with van der Waals surface area (Å²) in [6.45, 7) is -0.901. The highest BCUT2D eigenvalue weighted by atomic mass is 31.2. The topological polar surface area (TPSA) is 162 Å². The van der Waals surface area contributed by atoms with Gasteiger partial charge in [0.2, 0.25) is 14.0 Å². The van der Waals surface area contributed by atoms with Crippen LogP contribution >= 0.6 is 7.60 Å². The Kier molecular flexibility index (Phi) is 6.42. The van der Waals surface area contributed by atoms with Crippen molar-refractivity contribution in [2.24, 2.45) is 0 Å². The maximum absolute atomic E-state index is 12.8. The van der Waals surface area contributed by atoms with Gasteiger partial charge in [0, 0.05) is 6.42 Å². The molecule has 1 amide bonds.